The van der Waals surface area contributed by atoms with Gasteiger partial charge in [-0.1, -0.05) is 0 Å². The Balaban J connectivity index is 1.83. The van der Waals surface area contributed by atoms with Gasteiger partial charge in [0.05, 0.1) is 35.8 Å². The van der Waals surface area contributed by atoms with E-state index in [9.17, 15) is 22.8 Å². The monoisotopic (exact) mass is 433 g/mol. The number of carbonyl (C=O) groups excluding carboxylic acids is 2. The minimum atomic E-state index is -4.50. The van der Waals surface area contributed by atoms with Crippen LogP contribution in [-0.2, 0) is 11.0 Å². The van der Waals surface area contributed by atoms with Crippen molar-refractivity contribution in [2.45, 2.75) is 20.0 Å². The van der Waals surface area contributed by atoms with Gasteiger partial charge < -0.3 is 15.4 Å². The largest absolute Gasteiger partial charge is 0.495 e. The van der Waals surface area contributed by atoms with Crippen molar-refractivity contribution in [3.63, 3.8) is 0 Å². The number of benzene rings is 1. The Morgan fingerprint density at radius 3 is 2.42 bits per heavy atom. The maximum Gasteiger partial charge on any atom is 0.417 e. The molecule has 0 aliphatic carbocycles. The van der Waals surface area contributed by atoms with Crippen LogP contribution in [0.3, 0.4) is 0 Å². The quantitative estimate of drug-likeness (QED) is 0.638. The second-order valence-electron chi connectivity index (χ2n) is 6.51. The molecule has 3 aromatic rings. The predicted molar refractivity (Wildman–Crippen MR) is 106 cm³/mol. The normalized spacial score (nSPS) is 11.2. The third-order valence-corrected chi connectivity index (χ3v) is 4.31. The second-order valence-corrected chi connectivity index (χ2v) is 6.51. The van der Waals surface area contributed by atoms with Crippen LogP contribution in [0.1, 0.15) is 28.5 Å². The lowest BCUT2D eigenvalue weighted by molar-refractivity contribution is -0.137. The van der Waals surface area contributed by atoms with Crippen molar-refractivity contribution in [1.29, 1.82) is 0 Å². The summed E-state index contributed by atoms with van der Waals surface area (Å²) in [6, 6.07) is 6.79. The third-order valence-electron chi connectivity index (χ3n) is 4.31. The van der Waals surface area contributed by atoms with Crippen LogP contribution in [0.5, 0.6) is 5.75 Å². The molecule has 2 heterocycles. The molecule has 0 aliphatic heterocycles. The van der Waals surface area contributed by atoms with Gasteiger partial charge in [-0.3, -0.25) is 9.59 Å². The third kappa shape index (κ3) is 4.82. The minimum Gasteiger partial charge on any atom is -0.495 e. The maximum atomic E-state index is 12.7. The van der Waals surface area contributed by atoms with Crippen molar-refractivity contribution in [3.05, 3.63) is 59.5 Å². The predicted octanol–water partition coefficient (Wildman–Crippen LogP) is 3.81. The molecule has 1 aromatic carbocycles. The van der Waals surface area contributed by atoms with E-state index in [2.05, 4.69) is 20.7 Å². The molecule has 2 amide bonds. The number of rotatable bonds is 5. The Morgan fingerprint density at radius 2 is 1.84 bits per heavy atom. The zero-order chi connectivity index (χ0) is 22.8. The minimum absolute atomic E-state index is 0.141. The highest BCUT2D eigenvalue weighted by Crippen LogP contribution is 2.30. The highest BCUT2D eigenvalue weighted by molar-refractivity contribution is 6.05. The lowest BCUT2D eigenvalue weighted by Gasteiger charge is -2.12. The van der Waals surface area contributed by atoms with Gasteiger partial charge in [0.15, 0.2) is 5.82 Å². The van der Waals surface area contributed by atoms with Crippen molar-refractivity contribution in [3.8, 4) is 11.6 Å². The molecule has 0 bridgehead atoms. The van der Waals surface area contributed by atoms with E-state index in [1.54, 1.807) is 19.1 Å². The summed E-state index contributed by atoms with van der Waals surface area (Å²) in [4.78, 5) is 27.8. The smallest absolute Gasteiger partial charge is 0.417 e. The number of methoxy groups -OCH3 is 1. The van der Waals surface area contributed by atoms with E-state index >= 15 is 0 Å². The summed E-state index contributed by atoms with van der Waals surface area (Å²) in [7, 11) is 1.45. The van der Waals surface area contributed by atoms with Crippen LogP contribution in [0, 0.1) is 6.92 Å². The number of nitrogens with one attached hydrogen (secondary N) is 2. The summed E-state index contributed by atoms with van der Waals surface area (Å²) < 4.78 is 44.6. The van der Waals surface area contributed by atoms with Crippen LogP contribution >= 0.6 is 0 Å². The molecule has 0 atom stereocenters. The van der Waals surface area contributed by atoms with Gasteiger partial charge in [0, 0.05) is 18.8 Å². The summed E-state index contributed by atoms with van der Waals surface area (Å²) in [6.07, 6.45) is -2.50. The number of nitrogens with zero attached hydrogens (tertiary/aromatic N) is 3. The first kappa shape index (κ1) is 21.8. The van der Waals surface area contributed by atoms with E-state index in [0.717, 1.165) is 6.07 Å². The Morgan fingerprint density at radius 1 is 1.10 bits per heavy atom. The van der Waals surface area contributed by atoms with E-state index in [-0.39, 0.29) is 17.3 Å². The van der Waals surface area contributed by atoms with Crippen molar-refractivity contribution in [1.82, 2.24) is 14.8 Å². The molecular formula is C20H18F3N5O3. The van der Waals surface area contributed by atoms with E-state index in [1.807, 2.05) is 0 Å². The highest BCUT2D eigenvalue weighted by atomic mass is 19.4. The molecular weight excluding hydrogens is 415 g/mol. The van der Waals surface area contributed by atoms with Crippen LogP contribution in [0.25, 0.3) is 5.82 Å². The van der Waals surface area contributed by atoms with E-state index in [0.29, 0.717) is 29.0 Å². The molecule has 31 heavy (non-hydrogen) atoms. The molecule has 0 radical (unpaired) electrons. The zero-order valence-corrected chi connectivity index (χ0v) is 16.7. The van der Waals surface area contributed by atoms with Gasteiger partial charge in [-0.2, -0.15) is 18.3 Å². The van der Waals surface area contributed by atoms with Crippen LogP contribution in [-0.4, -0.2) is 33.7 Å². The fourth-order valence-corrected chi connectivity index (χ4v) is 2.81. The van der Waals surface area contributed by atoms with Gasteiger partial charge in [-0.25, -0.2) is 9.67 Å². The summed E-state index contributed by atoms with van der Waals surface area (Å²) in [5.41, 5.74) is 0.496. The average Bonchev–Trinajstić information content (AvgIpc) is 3.08. The number of amides is 2. The molecule has 0 fully saturated rings. The molecule has 162 valence electrons. The number of hydrogen-bond acceptors (Lipinski definition) is 5. The lowest BCUT2D eigenvalue weighted by atomic mass is 10.2. The van der Waals surface area contributed by atoms with Gasteiger partial charge >= 0.3 is 6.18 Å². The number of halogens is 3. The van der Waals surface area contributed by atoms with Crippen LogP contribution in [0.4, 0.5) is 24.5 Å². The molecule has 0 spiro atoms. The summed E-state index contributed by atoms with van der Waals surface area (Å²) in [5, 5.41) is 9.36. The molecule has 11 heteroatoms. The number of hydrogen-bond donors (Lipinski definition) is 2. The van der Waals surface area contributed by atoms with Crippen LogP contribution < -0.4 is 15.4 Å². The fourth-order valence-electron chi connectivity index (χ4n) is 2.81. The molecule has 2 aromatic heterocycles. The van der Waals surface area contributed by atoms with Crippen molar-refractivity contribution in [2.75, 3.05) is 17.7 Å². The Labute approximate surface area is 175 Å². The molecule has 3 rings (SSSR count). The highest BCUT2D eigenvalue weighted by Gasteiger charge is 2.30. The number of ether oxygens (including phenoxy) is 1. The first-order chi connectivity index (χ1) is 14.6. The van der Waals surface area contributed by atoms with Gasteiger partial charge in [0.1, 0.15) is 5.75 Å². The summed E-state index contributed by atoms with van der Waals surface area (Å²) in [5.74, 6) is -0.231. The van der Waals surface area contributed by atoms with Gasteiger partial charge in [0.2, 0.25) is 5.91 Å². The Kier molecular flexibility index (Phi) is 5.95. The molecule has 0 saturated heterocycles. The zero-order valence-electron chi connectivity index (χ0n) is 16.7. The van der Waals surface area contributed by atoms with E-state index < -0.39 is 17.6 Å². The van der Waals surface area contributed by atoms with Gasteiger partial charge in [-0.05, 0) is 37.3 Å². The number of aromatic nitrogens is 3. The molecule has 8 nitrogen and oxygen atoms in total. The standard InChI is InChI=1S/C20H18F3N5O3/c1-11-15(10-25-28(11)18-7-4-13(9-24-18)20(21,22)23)19(30)27-14-5-6-17(31-3)16(8-14)26-12(2)29/h4-10H,1-3H3,(H,26,29)(H,27,30). The Bertz CT molecular complexity index is 1120. The second kappa shape index (κ2) is 8.46. The number of anilines is 2. The topological polar surface area (TPSA) is 98.1 Å². The first-order valence-corrected chi connectivity index (χ1v) is 8.95. The van der Waals surface area contributed by atoms with E-state index in [1.165, 1.54) is 37.0 Å². The van der Waals surface area contributed by atoms with Crippen LogP contribution in [0.2, 0.25) is 0 Å². The van der Waals surface area contributed by atoms with Gasteiger partial charge in [0.25, 0.3) is 5.91 Å². The lowest BCUT2D eigenvalue weighted by Crippen LogP contribution is -2.14. The fraction of sp³-hybridized carbons (Fsp3) is 0.200. The van der Waals surface area contributed by atoms with Crippen molar-refractivity contribution in [2.24, 2.45) is 0 Å². The Hall–Kier alpha value is -3.89. The molecule has 2 N–H and O–H groups in total. The number of alkyl halides is 3. The average molecular weight is 433 g/mol. The summed E-state index contributed by atoms with van der Waals surface area (Å²) in [6.45, 7) is 2.94. The molecule has 0 aliphatic rings. The number of pyridine rings is 1. The van der Waals surface area contributed by atoms with Gasteiger partial charge in [-0.15, -0.1) is 0 Å². The van der Waals surface area contributed by atoms with Crippen LogP contribution in [0.15, 0.2) is 42.7 Å². The SMILES string of the molecule is COc1ccc(NC(=O)c2cnn(-c3ccc(C(F)(F)F)cn3)c2C)cc1NC(C)=O. The maximum absolute atomic E-state index is 12.7. The molecule has 0 saturated carbocycles. The molecule has 0 unspecified atom stereocenters. The first-order valence-electron chi connectivity index (χ1n) is 8.95. The summed E-state index contributed by atoms with van der Waals surface area (Å²) >= 11 is 0. The van der Waals surface area contributed by atoms with Crippen molar-refractivity contribution < 1.29 is 27.5 Å². The van der Waals surface area contributed by atoms with E-state index in [4.69, 9.17) is 4.74 Å². The van der Waals surface area contributed by atoms with Crippen molar-refractivity contribution >= 4 is 23.2 Å². The number of carbonyl (C=O) groups is 2.